The van der Waals surface area contributed by atoms with Crippen LogP contribution in [0.5, 0.6) is 0 Å². The first kappa shape index (κ1) is 20.4. The van der Waals surface area contributed by atoms with E-state index in [1.165, 1.54) is 42.4 Å². The number of hydrogen-bond acceptors (Lipinski definition) is 6. The third kappa shape index (κ3) is 4.11. The van der Waals surface area contributed by atoms with Crippen LogP contribution < -0.4 is 5.32 Å². The molecule has 0 amide bonds. The van der Waals surface area contributed by atoms with E-state index in [2.05, 4.69) is 50.0 Å². The smallest absolute Gasteiger partial charge is 0.184 e. The number of thiazole rings is 1. The highest BCUT2D eigenvalue weighted by atomic mass is 32.1. The summed E-state index contributed by atoms with van der Waals surface area (Å²) in [6.45, 7) is 2.31. The third-order valence-electron chi connectivity index (χ3n) is 6.77. The molecule has 7 nitrogen and oxygen atoms in total. The molecule has 1 saturated carbocycles. The van der Waals surface area contributed by atoms with Crippen molar-refractivity contribution in [3.05, 3.63) is 66.4 Å². The molecule has 0 bridgehead atoms. The van der Waals surface area contributed by atoms with Crippen LogP contribution in [0, 0.1) is 5.92 Å². The van der Waals surface area contributed by atoms with Crippen LogP contribution in [-0.2, 0) is 6.42 Å². The molecule has 1 aliphatic rings. The number of aromatic nitrogens is 6. The Bertz CT molecular complexity index is 1380. The van der Waals surface area contributed by atoms with Crippen molar-refractivity contribution in [3.63, 3.8) is 0 Å². The van der Waals surface area contributed by atoms with Crippen LogP contribution in [0.1, 0.15) is 50.3 Å². The van der Waals surface area contributed by atoms with Crippen LogP contribution in [0.3, 0.4) is 0 Å². The number of nitrogens with zero attached hydrogens (tertiary/aromatic N) is 6. The maximum atomic E-state index is 4.85. The number of imidazole rings is 1. The van der Waals surface area contributed by atoms with E-state index in [0.717, 1.165) is 40.0 Å². The van der Waals surface area contributed by atoms with Crippen molar-refractivity contribution in [1.82, 2.24) is 29.4 Å². The van der Waals surface area contributed by atoms with Gasteiger partial charge in [0.1, 0.15) is 5.65 Å². The number of pyridine rings is 1. The third-order valence-corrected chi connectivity index (χ3v) is 7.72. The first-order chi connectivity index (χ1) is 16.2. The standard InChI is InChI=1S/C25H27N7S/c1-17(19-5-3-2-4-6-19)29-25-30-22-8-7-18(14-23(22)33-25)13-21-16-26-24-15-20(9-12-31(21)24)32-27-10-11-28-32/h7-12,14-17,19H,2-6,13H2,1H3,(H,29,30). The Hall–Kier alpha value is -3.26. The lowest BCUT2D eigenvalue weighted by atomic mass is 9.85. The van der Waals surface area contributed by atoms with E-state index in [1.54, 1.807) is 28.5 Å². The molecular weight excluding hydrogens is 430 g/mol. The van der Waals surface area contributed by atoms with Gasteiger partial charge in [-0.05, 0) is 49.4 Å². The number of fused-ring (bicyclic) bond motifs is 2. The first-order valence-corrected chi connectivity index (χ1v) is 12.5. The zero-order valence-corrected chi connectivity index (χ0v) is 19.5. The second-order valence-corrected chi connectivity index (χ2v) is 10.0. The Morgan fingerprint density at radius 3 is 2.79 bits per heavy atom. The first-order valence-electron chi connectivity index (χ1n) is 11.7. The number of rotatable bonds is 6. The molecule has 0 radical (unpaired) electrons. The fourth-order valence-corrected chi connectivity index (χ4v) is 5.95. The van der Waals surface area contributed by atoms with Gasteiger partial charge in [-0.15, -0.1) is 0 Å². The summed E-state index contributed by atoms with van der Waals surface area (Å²) in [7, 11) is 0. The van der Waals surface area contributed by atoms with Crippen molar-refractivity contribution in [2.24, 2.45) is 5.92 Å². The van der Waals surface area contributed by atoms with Crippen LogP contribution in [0.25, 0.3) is 21.6 Å². The summed E-state index contributed by atoms with van der Waals surface area (Å²) in [5.41, 5.74) is 5.27. The van der Waals surface area contributed by atoms with Gasteiger partial charge < -0.3 is 9.72 Å². The second-order valence-electron chi connectivity index (χ2n) is 9.01. The summed E-state index contributed by atoms with van der Waals surface area (Å²) < 4.78 is 3.36. The maximum absolute atomic E-state index is 4.85. The highest BCUT2D eigenvalue weighted by Crippen LogP contribution is 2.32. The highest BCUT2D eigenvalue weighted by molar-refractivity contribution is 7.22. The summed E-state index contributed by atoms with van der Waals surface area (Å²) in [4.78, 5) is 11.1. The van der Waals surface area contributed by atoms with Gasteiger partial charge in [-0.3, -0.25) is 0 Å². The molecule has 1 atom stereocenters. The molecule has 0 saturated heterocycles. The Morgan fingerprint density at radius 1 is 1.09 bits per heavy atom. The number of benzene rings is 1. The Balaban J connectivity index is 1.20. The molecule has 1 N–H and O–H groups in total. The normalized spacial score (nSPS) is 15.9. The van der Waals surface area contributed by atoms with Crippen molar-refractivity contribution in [3.8, 4) is 5.69 Å². The van der Waals surface area contributed by atoms with E-state index in [1.807, 2.05) is 24.5 Å². The minimum atomic E-state index is 0.477. The van der Waals surface area contributed by atoms with Gasteiger partial charge in [0.2, 0.25) is 0 Å². The molecule has 8 heteroatoms. The average Bonchev–Trinajstić information content (AvgIpc) is 3.59. The van der Waals surface area contributed by atoms with Crippen LogP contribution in [0.2, 0.25) is 0 Å². The second kappa shape index (κ2) is 8.59. The molecular formula is C25H27N7S. The molecule has 168 valence electrons. The van der Waals surface area contributed by atoms with Gasteiger partial charge in [-0.1, -0.05) is 36.7 Å². The predicted molar refractivity (Wildman–Crippen MR) is 132 cm³/mol. The summed E-state index contributed by atoms with van der Waals surface area (Å²) in [6.07, 6.45) is 14.9. The quantitative estimate of drug-likeness (QED) is 0.365. The lowest BCUT2D eigenvalue weighted by Crippen LogP contribution is -2.27. The highest BCUT2D eigenvalue weighted by Gasteiger charge is 2.21. The molecule has 6 rings (SSSR count). The molecule has 1 fully saturated rings. The van der Waals surface area contributed by atoms with Gasteiger partial charge in [0.05, 0.1) is 28.3 Å². The molecule has 1 aliphatic carbocycles. The topological polar surface area (TPSA) is 72.9 Å². The number of nitrogens with one attached hydrogen (secondary N) is 1. The predicted octanol–water partition coefficient (Wildman–Crippen LogP) is 5.50. The van der Waals surface area contributed by atoms with E-state index in [9.17, 15) is 0 Å². The fourth-order valence-electron chi connectivity index (χ4n) is 4.92. The minimum Gasteiger partial charge on any atom is -0.359 e. The SMILES string of the molecule is CC(Nc1nc2ccc(Cc3cnc4cc(-n5nccn5)ccn34)cc2s1)C1CCCCC1. The van der Waals surface area contributed by atoms with E-state index >= 15 is 0 Å². The summed E-state index contributed by atoms with van der Waals surface area (Å²) in [5.74, 6) is 0.765. The van der Waals surface area contributed by atoms with E-state index < -0.39 is 0 Å². The van der Waals surface area contributed by atoms with Gasteiger partial charge in [0, 0.05) is 36.6 Å². The van der Waals surface area contributed by atoms with E-state index in [0.29, 0.717) is 6.04 Å². The van der Waals surface area contributed by atoms with Gasteiger partial charge in [-0.25, -0.2) is 9.97 Å². The van der Waals surface area contributed by atoms with Crippen LogP contribution >= 0.6 is 11.3 Å². The average molecular weight is 458 g/mol. The van der Waals surface area contributed by atoms with Crippen molar-refractivity contribution in [2.45, 2.75) is 51.5 Å². The number of anilines is 1. The van der Waals surface area contributed by atoms with Gasteiger partial charge >= 0.3 is 0 Å². The van der Waals surface area contributed by atoms with E-state index in [4.69, 9.17) is 4.98 Å². The summed E-state index contributed by atoms with van der Waals surface area (Å²) >= 11 is 1.76. The summed E-state index contributed by atoms with van der Waals surface area (Å²) in [6, 6.07) is 11.1. The van der Waals surface area contributed by atoms with Crippen molar-refractivity contribution in [1.29, 1.82) is 0 Å². The van der Waals surface area contributed by atoms with Gasteiger partial charge in [-0.2, -0.15) is 15.0 Å². The van der Waals surface area contributed by atoms with Crippen molar-refractivity contribution >= 4 is 32.3 Å². The monoisotopic (exact) mass is 457 g/mol. The van der Waals surface area contributed by atoms with Crippen LogP contribution in [0.15, 0.2) is 55.1 Å². The molecule has 1 aromatic carbocycles. The zero-order chi connectivity index (χ0) is 22.2. The molecule has 4 heterocycles. The number of hydrogen-bond donors (Lipinski definition) is 1. The van der Waals surface area contributed by atoms with Crippen molar-refractivity contribution < 1.29 is 0 Å². The molecule has 4 aromatic heterocycles. The zero-order valence-electron chi connectivity index (χ0n) is 18.7. The lowest BCUT2D eigenvalue weighted by Gasteiger charge is -2.28. The van der Waals surface area contributed by atoms with Crippen molar-refractivity contribution in [2.75, 3.05) is 5.32 Å². The Labute approximate surface area is 196 Å². The van der Waals surface area contributed by atoms with E-state index in [-0.39, 0.29) is 0 Å². The van der Waals surface area contributed by atoms with Crippen LogP contribution in [0.4, 0.5) is 5.13 Å². The molecule has 0 spiro atoms. The van der Waals surface area contributed by atoms with Crippen LogP contribution in [-0.4, -0.2) is 35.4 Å². The van der Waals surface area contributed by atoms with Gasteiger partial charge in [0.25, 0.3) is 0 Å². The largest absolute Gasteiger partial charge is 0.359 e. The fraction of sp³-hybridized carbons (Fsp3) is 0.360. The molecule has 33 heavy (non-hydrogen) atoms. The maximum Gasteiger partial charge on any atom is 0.184 e. The van der Waals surface area contributed by atoms with Gasteiger partial charge in [0.15, 0.2) is 5.13 Å². The molecule has 0 aliphatic heterocycles. The summed E-state index contributed by atoms with van der Waals surface area (Å²) in [5, 5.41) is 13.1. The lowest BCUT2D eigenvalue weighted by molar-refractivity contribution is 0.328. The molecule has 1 unspecified atom stereocenters. The molecule has 5 aromatic rings. The Morgan fingerprint density at radius 2 is 1.94 bits per heavy atom. The Kier molecular flexibility index (Phi) is 5.30. The minimum absolute atomic E-state index is 0.477.